The average molecular weight is 393 g/mol. The summed E-state index contributed by atoms with van der Waals surface area (Å²) in [7, 11) is -3.63. The highest BCUT2D eigenvalue weighted by Crippen LogP contribution is 2.39. The lowest BCUT2D eigenvalue weighted by Crippen LogP contribution is -2.35. The van der Waals surface area contributed by atoms with E-state index in [1.54, 1.807) is 10.4 Å². The van der Waals surface area contributed by atoms with E-state index >= 15 is 0 Å². The Morgan fingerprint density at radius 1 is 1.07 bits per heavy atom. The van der Waals surface area contributed by atoms with Gasteiger partial charge in [0.15, 0.2) is 0 Å². The van der Waals surface area contributed by atoms with Crippen LogP contribution in [0.4, 0.5) is 0 Å². The molecule has 4 nitrogen and oxygen atoms in total. The highest BCUT2D eigenvalue weighted by atomic mass is 32.2. The van der Waals surface area contributed by atoms with Gasteiger partial charge in [-0.1, -0.05) is 55.4 Å². The van der Waals surface area contributed by atoms with Gasteiger partial charge in [0.2, 0.25) is 10.0 Å². The molecule has 0 aliphatic rings. The van der Waals surface area contributed by atoms with Crippen LogP contribution in [-0.2, 0) is 15.4 Å². The molecule has 0 aliphatic carbocycles. The third-order valence-corrected chi connectivity index (χ3v) is 7.53. The van der Waals surface area contributed by atoms with Gasteiger partial charge in [-0.15, -0.1) is 0 Å². The summed E-state index contributed by atoms with van der Waals surface area (Å²) in [6, 6.07) is 5.86. The van der Waals surface area contributed by atoms with Crippen LogP contribution in [0.5, 0.6) is 0 Å². The van der Waals surface area contributed by atoms with Gasteiger partial charge in [0, 0.05) is 13.1 Å². The van der Waals surface area contributed by atoms with E-state index in [4.69, 9.17) is 0 Å². The predicted molar refractivity (Wildman–Crippen MR) is 112 cm³/mol. The molecule has 152 valence electrons. The van der Waals surface area contributed by atoms with Crippen molar-refractivity contribution in [2.24, 2.45) is 5.92 Å². The lowest BCUT2D eigenvalue weighted by atomic mass is 9.74. The number of benzene rings is 1. The molecule has 0 N–H and O–H groups in total. The third kappa shape index (κ3) is 4.92. The van der Waals surface area contributed by atoms with Gasteiger partial charge < -0.3 is 0 Å². The highest BCUT2D eigenvalue weighted by molar-refractivity contribution is 7.89. The second-order valence-corrected chi connectivity index (χ2v) is 10.4. The summed E-state index contributed by atoms with van der Waals surface area (Å²) in [5.41, 5.74) is 1.75. The third-order valence-electron chi connectivity index (χ3n) is 5.60. The quantitative estimate of drug-likeness (QED) is 0.563. The van der Waals surface area contributed by atoms with Crippen LogP contribution in [-0.4, -0.2) is 25.8 Å². The maximum atomic E-state index is 13.6. The van der Waals surface area contributed by atoms with Crippen molar-refractivity contribution in [3.8, 4) is 6.07 Å². The first-order valence-corrected chi connectivity index (χ1v) is 11.5. The molecule has 0 heterocycles. The van der Waals surface area contributed by atoms with Crippen LogP contribution >= 0.6 is 0 Å². The smallest absolute Gasteiger partial charge is 0.207 e. The Morgan fingerprint density at radius 3 is 1.96 bits per heavy atom. The summed E-state index contributed by atoms with van der Waals surface area (Å²) in [5.74, 6) is 0.310. The van der Waals surface area contributed by atoms with E-state index in [1.165, 1.54) is 0 Å². The first-order chi connectivity index (χ1) is 12.4. The molecule has 0 fully saturated rings. The van der Waals surface area contributed by atoms with Gasteiger partial charge >= 0.3 is 0 Å². The van der Waals surface area contributed by atoms with E-state index < -0.39 is 10.0 Å². The van der Waals surface area contributed by atoms with Crippen molar-refractivity contribution in [2.75, 3.05) is 13.1 Å². The van der Waals surface area contributed by atoms with E-state index in [2.05, 4.69) is 33.8 Å². The zero-order valence-electron chi connectivity index (χ0n) is 18.3. The Bertz CT molecular complexity index is 781. The molecule has 5 heteroatoms. The van der Waals surface area contributed by atoms with Gasteiger partial charge in [-0.2, -0.15) is 9.57 Å². The van der Waals surface area contributed by atoms with E-state index in [9.17, 15) is 13.7 Å². The number of hydrogen-bond acceptors (Lipinski definition) is 3. The van der Waals surface area contributed by atoms with E-state index in [0.29, 0.717) is 23.5 Å². The first-order valence-electron chi connectivity index (χ1n) is 10.0. The minimum atomic E-state index is -3.63. The van der Waals surface area contributed by atoms with Crippen molar-refractivity contribution in [1.29, 1.82) is 5.26 Å². The number of nitrogens with zero attached hydrogens (tertiary/aromatic N) is 2. The number of nitriles is 1. The number of sulfonamides is 1. The fraction of sp³-hybridized carbons (Fsp3) is 0.682. The number of hydrogen-bond donors (Lipinski definition) is 0. The Hall–Kier alpha value is -1.38. The molecule has 0 bridgehead atoms. The molecule has 0 aliphatic heterocycles. The van der Waals surface area contributed by atoms with Gasteiger partial charge in [-0.3, -0.25) is 0 Å². The molecule has 1 aromatic rings. The molecular formula is C22H36N2O2S. The van der Waals surface area contributed by atoms with Gasteiger partial charge in [-0.05, 0) is 53.4 Å². The van der Waals surface area contributed by atoms with Crippen LogP contribution < -0.4 is 0 Å². The van der Waals surface area contributed by atoms with Gasteiger partial charge in [0.1, 0.15) is 0 Å². The molecule has 0 unspecified atom stereocenters. The second kappa shape index (κ2) is 9.21. The molecule has 27 heavy (non-hydrogen) atoms. The van der Waals surface area contributed by atoms with E-state index in [0.717, 1.165) is 24.0 Å². The van der Waals surface area contributed by atoms with Gasteiger partial charge in [0.05, 0.1) is 16.5 Å². The molecule has 0 radical (unpaired) electrons. The maximum Gasteiger partial charge on any atom is 0.243 e. The Labute approximate surface area is 166 Å². The van der Waals surface area contributed by atoms with Crippen molar-refractivity contribution in [3.63, 3.8) is 0 Å². The Kier molecular flexibility index (Phi) is 8.07. The average Bonchev–Trinajstić information content (AvgIpc) is 2.59. The molecule has 0 atom stereocenters. The topological polar surface area (TPSA) is 61.2 Å². The van der Waals surface area contributed by atoms with Crippen LogP contribution in [0, 0.1) is 17.2 Å². The Balaban J connectivity index is 3.87. The van der Waals surface area contributed by atoms with Crippen LogP contribution in [0.3, 0.4) is 0 Å². The summed E-state index contributed by atoms with van der Waals surface area (Å²) in [5, 5.41) is 9.66. The largest absolute Gasteiger partial charge is 0.243 e. The molecule has 0 saturated heterocycles. The molecule has 0 spiro atoms. The normalized spacial score (nSPS) is 12.8. The fourth-order valence-electron chi connectivity index (χ4n) is 3.19. The lowest BCUT2D eigenvalue weighted by Gasteiger charge is -2.34. The van der Waals surface area contributed by atoms with Gasteiger partial charge in [0.25, 0.3) is 0 Å². The summed E-state index contributed by atoms with van der Waals surface area (Å²) in [4.78, 5) is 0.366. The first kappa shape index (κ1) is 23.7. The summed E-state index contributed by atoms with van der Waals surface area (Å²) in [6.45, 7) is 17.3. The Morgan fingerprint density at radius 2 is 1.59 bits per heavy atom. The minimum Gasteiger partial charge on any atom is -0.207 e. The van der Waals surface area contributed by atoms with Gasteiger partial charge in [-0.25, -0.2) is 8.42 Å². The SMILES string of the molecule is CCCN(CCC)S(=O)(=O)c1cc(C(C)C)c(C#N)cc1C(C)(C)C(C)C. The van der Waals surface area contributed by atoms with Crippen molar-refractivity contribution in [1.82, 2.24) is 4.31 Å². The van der Waals surface area contributed by atoms with Crippen molar-refractivity contribution in [2.45, 2.75) is 84.5 Å². The minimum absolute atomic E-state index is 0.0793. The highest BCUT2D eigenvalue weighted by Gasteiger charge is 2.35. The van der Waals surface area contributed by atoms with Crippen LogP contribution in [0.1, 0.15) is 90.8 Å². The van der Waals surface area contributed by atoms with E-state index in [-0.39, 0.29) is 17.3 Å². The standard InChI is InChI=1S/C22H36N2O2S/c1-9-11-24(12-10-2)27(25,26)21-14-19(16(3)4)18(15-23)13-20(21)22(7,8)17(5)6/h13-14,16-17H,9-12H2,1-8H3. The lowest BCUT2D eigenvalue weighted by molar-refractivity contribution is 0.361. The molecule has 0 saturated carbocycles. The maximum absolute atomic E-state index is 13.6. The second-order valence-electron chi connectivity index (χ2n) is 8.48. The van der Waals surface area contributed by atoms with Crippen molar-refractivity contribution >= 4 is 10.0 Å². The van der Waals surface area contributed by atoms with Crippen LogP contribution in [0.2, 0.25) is 0 Å². The summed E-state index contributed by atoms with van der Waals surface area (Å²) < 4.78 is 28.8. The zero-order chi connectivity index (χ0) is 21.0. The number of rotatable bonds is 9. The summed E-state index contributed by atoms with van der Waals surface area (Å²) in [6.07, 6.45) is 1.55. The zero-order valence-corrected chi connectivity index (χ0v) is 19.1. The summed E-state index contributed by atoms with van der Waals surface area (Å²) >= 11 is 0. The molecular weight excluding hydrogens is 356 g/mol. The van der Waals surface area contributed by atoms with Crippen LogP contribution in [0.15, 0.2) is 17.0 Å². The molecule has 0 aromatic heterocycles. The van der Waals surface area contributed by atoms with E-state index in [1.807, 2.05) is 33.8 Å². The fourth-order valence-corrected chi connectivity index (χ4v) is 5.19. The molecule has 1 aromatic carbocycles. The predicted octanol–water partition coefficient (Wildman–Crippen LogP) is 5.43. The van der Waals surface area contributed by atoms with Crippen molar-refractivity contribution < 1.29 is 8.42 Å². The molecule has 1 rings (SSSR count). The molecule has 0 amide bonds. The van der Waals surface area contributed by atoms with Crippen molar-refractivity contribution in [3.05, 3.63) is 28.8 Å². The monoisotopic (exact) mass is 392 g/mol. The van der Waals surface area contributed by atoms with Crippen LogP contribution in [0.25, 0.3) is 0 Å².